The van der Waals surface area contributed by atoms with Gasteiger partial charge in [0.1, 0.15) is 0 Å². The number of nitrogens with one attached hydrogen (secondary N) is 1. The summed E-state index contributed by atoms with van der Waals surface area (Å²) in [5.41, 5.74) is 0. The van der Waals surface area contributed by atoms with Crippen molar-refractivity contribution < 1.29 is 4.79 Å². The van der Waals surface area contributed by atoms with Crippen LogP contribution in [0.2, 0.25) is 0 Å². The second-order valence-corrected chi connectivity index (χ2v) is 12.7. The molecule has 1 aliphatic rings. The lowest BCUT2D eigenvalue weighted by Gasteiger charge is -2.26. The van der Waals surface area contributed by atoms with Crippen molar-refractivity contribution in [1.29, 1.82) is 0 Å². The molecule has 0 aromatic rings. The van der Waals surface area contributed by atoms with Crippen LogP contribution in [0.25, 0.3) is 0 Å². The van der Waals surface area contributed by atoms with Gasteiger partial charge in [-0.25, -0.2) is 0 Å². The quantitative estimate of drug-likeness (QED) is 0.109. The Morgan fingerprint density at radius 1 is 0.649 bits per heavy atom. The van der Waals surface area contributed by atoms with E-state index in [2.05, 4.69) is 45.1 Å². The molecule has 0 bridgehead atoms. The normalized spacial score (nSPS) is 18.8. The molecule has 1 saturated carbocycles. The third-order valence-corrected chi connectivity index (χ3v) is 8.93. The first-order valence-corrected chi connectivity index (χ1v) is 17.0. The minimum atomic E-state index is 0.263. The molecule has 220 valence electrons. The number of amides is 1. The molecule has 3 heteroatoms. The Kier molecular flexibility index (Phi) is 21.7. The maximum atomic E-state index is 12.3. The first kappa shape index (κ1) is 34.5. The van der Waals surface area contributed by atoms with Gasteiger partial charge in [-0.3, -0.25) is 4.79 Å². The molecule has 0 radical (unpaired) electrons. The third-order valence-electron chi connectivity index (χ3n) is 8.93. The molecule has 4 unspecified atom stereocenters. The molecular formula is C34H68N2O. The van der Waals surface area contributed by atoms with Crippen LogP contribution in [-0.4, -0.2) is 37.0 Å². The molecule has 1 aliphatic carbocycles. The Balaban J connectivity index is 2.24. The monoisotopic (exact) mass is 521 g/mol. The van der Waals surface area contributed by atoms with Crippen LogP contribution in [-0.2, 0) is 4.79 Å². The summed E-state index contributed by atoms with van der Waals surface area (Å²) in [5, 5.41) is 3.38. The van der Waals surface area contributed by atoms with Crippen LogP contribution in [0.15, 0.2) is 0 Å². The molecule has 1 amide bonds. The number of hydrogen-bond acceptors (Lipinski definition) is 2. The first-order valence-electron chi connectivity index (χ1n) is 17.0. The Morgan fingerprint density at radius 3 is 1.76 bits per heavy atom. The van der Waals surface area contributed by atoms with Gasteiger partial charge in [0.25, 0.3) is 0 Å². The van der Waals surface area contributed by atoms with E-state index in [1.54, 1.807) is 0 Å². The maximum Gasteiger partial charge on any atom is 0.220 e. The first-order chi connectivity index (χ1) is 18.0. The number of carbonyl (C=O) groups excluding carboxylic acids is 1. The standard InChI is InChI=1S/C34H68N2O/c1-6-9-11-13-15-17-19-25-32(35-34(37)22-8-3)26-21-28-33(36(4)5)27-20-24-31-29-30(31)23-18-16-14-12-10-7-2/h30-33H,6-29H2,1-5H3,(H,35,37). The van der Waals surface area contributed by atoms with Gasteiger partial charge in [-0.1, -0.05) is 124 Å². The lowest BCUT2D eigenvalue weighted by molar-refractivity contribution is -0.121. The summed E-state index contributed by atoms with van der Waals surface area (Å²) in [7, 11) is 4.53. The third kappa shape index (κ3) is 19.2. The molecule has 0 spiro atoms. The van der Waals surface area contributed by atoms with E-state index in [0.717, 1.165) is 31.1 Å². The van der Waals surface area contributed by atoms with E-state index in [0.29, 0.717) is 18.5 Å². The smallest absolute Gasteiger partial charge is 0.220 e. The molecule has 4 atom stereocenters. The molecular weight excluding hydrogens is 452 g/mol. The van der Waals surface area contributed by atoms with Crippen molar-refractivity contribution in [1.82, 2.24) is 10.2 Å². The van der Waals surface area contributed by atoms with Crippen LogP contribution in [0.1, 0.15) is 175 Å². The van der Waals surface area contributed by atoms with Crippen molar-refractivity contribution in [2.45, 2.75) is 187 Å². The van der Waals surface area contributed by atoms with Crippen LogP contribution in [0.3, 0.4) is 0 Å². The molecule has 0 aromatic carbocycles. The predicted octanol–water partition coefficient (Wildman–Crippen LogP) is 10.1. The summed E-state index contributed by atoms with van der Waals surface area (Å²) in [6.07, 6.45) is 31.7. The highest BCUT2D eigenvalue weighted by Gasteiger charge is 2.35. The van der Waals surface area contributed by atoms with Crippen LogP contribution in [0.5, 0.6) is 0 Å². The summed E-state index contributed by atoms with van der Waals surface area (Å²) < 4.78 is 0. The van der Waals surface area contributed by atoms with Crippen LogP contribution in [0, 0.1) is 11.8 Å². The summed E-state index contributed by atoms with van der Waals surface area (Å²) in [5.74, 6) is 2.36. The SMILES string of the molecule is CCCCCCCCCC(CCCC(CCCC1CC1CCCCCCCC)N(C)C)NC(=O)CCC. The summed E-state index contributed by atoms with van der Waals surface area (Å²) in [6, 6.07) is 1.08. The molecule has 1 rings (SSSR count). The number of carbonyl (C=O) groups is 1. The van der Waals surface area contributed by atoms with Gasteiger partial charge in [0, 0.05) is 18.5 Å². The van der Waals surface area contributed by atoms with Crippen molar-refractivity contribution in [2.24, 2.45) is 11.8 Å². The van der Waals surface area contributed by atoms with E-state index in [4.69, 9.17) is 0 Å². The van der Waals surface area contributed by atoms with Gasteiger partial charge in [-0.2, -0.15) is 0 Å². The van der Waals surface area contributed by atoms with Crippen LogP contribution in [0.4, 0.5) is 0 Å². The van der Waals surface area contributed by atoms with E-state index in [-0.39, 0.29) is 5.91 Å². The Morgan fingerprint density at radius 2 is 1.16 bits per heavy atom. The molecule has 0 saturated heterocycles. The van der Waals surface area contributed by atoms with E-state index >= 15 is 0 Å². The zero-order valence-corrected chi connectivity index (χ0v) is 26.1. The zero-order chi connectivity index (χ0) is 27.1. The molecule has 1 fully saturated rings. The Labute approximate surface area is 233 Å². The van der Waals surface area contributed by atoms with Crippen LogP contribution < -0.4 is 5.32 Å². The number of nitrogens with zero attached hydrogens (tertiary/aromatic N) is 1. The van der Waals surface area contributed by atoms with Gasteiger partial charge in [0.15, 0.2) is 0 Å². The van der Waals surface area contributed by atoms with Gasteiger partial charge in [-0.15, -0.1) is 0 Å². The number of rotatable bonds is 27. The van der Waals surface area contributed by atoms with Crippen molar-refractivity contribution in [2.75, 3.05) is 14.1 Å². The second kappa shape index (κ2) is 23.3. The Hall–Kier alpha value is -0.570. The van der Waals surface area contributed by atoms with E-state index < -0.39 is 0 Å². The molecule has 0 heterocycles. The largest absolute Gasteiger partial charge is 0.353 e. The molecule has 0 aromatic heterocycles. The van der Waals surface area contributed by atoms with Gasteiger partial charge in [-0.05, 0) is 70.9 Å². The minimum Gasteiger partial charge on any atom is -0.353 e. The second-order valence-electron chi connectivity index (χ2n) is 12.7. The summed E-state index contributed by atoms with van der Waals surface area (Å²) >= 11 is 0. The van der Waals surface area contributed by atoms with Gasteiger partial charge >= 0.3 is 0 Å². The molecule has 37 heavy (non-hydrogen) atoms. The topological polar surface area (TPSA) is 32.3 Å². The van der Waals surface area contributed by atoms with E-state index in [1.807, 2.05) is 0 Å². The minimum absolute atomic E-state index is 0.263. The maximum absolute atomic E-state index is 12.3. The fourth-order valence-corrected chi connectivity index (χ4v) is 6.24. The summed E-state index contributed by atoms with van der Waals surface area (Å²) in [6.45, 7) is 6.69. The fraction of sp³-hybridized carbons (Fsp3) is 0.971. The van der Waals surface area contributed by atoms with Crippen molar-refractivity contribution in [3.8, 4) is 0 Å². The average Bonchev–Trinajstić information content (AvgIpc) is 3.62. The number of hydrogen-bond donors (Lipinski definition) is 1. The van der Waals surface area contributed by atoms with Gasteiger partial charge in [0.2, 0.25) is 5.91 Å². The van der Waals surface area contributed by atoms with E-state index in [9.17, 15) is 4.79 Å². The average molecular weight is 521 g/mol. The Bertz CT molecular complexity index is 520. The van der Waals surface area contributed by atoms with Crippen molar-refractivity contribution in [3.63, 3.8) is 0 Å². The zero-order valence-electron chi connectivity index (χ0n) is 26.1. The van der Waals surface area contributed by atoms with E-state index in [1.165, 1.54) is 128 Å². The highest BCUT2D eigenvalue weighted by atomic mass is 16.1. The van der Waals surface area contributed by atoms with Crippen LogP contribution >= 0.6 is 0 Å². The van der Waals surface area contributed by atoms with Gasteiger partial charge in [0.05, 0.1) is 0 Å². The molecule has 0 aliphatic heterocycles. The highest BCUT2D eigenvalue weighted by molar-refractivity contribution is 5.76. The summed E-state index contributed by atoms with van der Waals surface area (Å²) in [4.78, 5) is 14.8. The highest BCUT2D eigenvalue weighted by Crippen LogP contribution is 2.45. The van der Waals surface area contributed by atoms with Gasteiger partial charge < -0.3 is 10.2 Å². The van der Waals surface area contributed by atoms with Crippen molar-refractivity contribution in [3.05, 3.63) is 0 Å². The van der Waals surface area contributed by atoms with Crippen molar-refractivity contribution >= 4 is 5.91 Å². The molecule has 3 nitrogen and oxygen atoms in total. The lowest BCUT2D eigenvalue weighted by Crippen LogP contribution is -2.35. The lowest BCUT2D eigenvalue weighted by atomic mass is 9.96. The fourth-order valence-electron chi connectivity index (χ4n) is 6.24. The number of unbranched alkanes of at least 4 members (excludes halogenated alkanes) is 11. The predicted molar refractivity (Wildman–Crippen MR) is 164 cm³/mol. The molecule has 1 N–H and O–H groups in total.